The number of carbonyl (C=O) groups excluding carboxylic acids is 2. The maximum Gasteiger partial charge on any atom is 0.321 e. The normalized spacial score (nSPS) is 18.0. The van der Waals surface area contributed by atoms with Gasteiger partial charge in [-0.2, -0.15) is 0 Å². The lowest BCUT2D eigenvalue weighted by molar-refractivity contribution is -0.121. The van der Waals surface area contributed by atoms with Gasteiger partial charge in [-0.3, -0.25) is 4.79 Å². The maximum atomic E-state index is 12.3. The second-order valence-electron chi connectivity index (χ2n) is 5.27. The Morgan fingerprint density at radius 2 is 2.09 bits per heavy atom. The van der Waals surface area contributed by atoms with Gasteiger partial charge in [0.15, 0.2) is 0 Å². The fraction of sp³-hybridized carbons (Fsp3) is 0.467. The summed E-state index contributed by atoms with van der Waals surface area (Å²) < 4.78 is 0. The van der Waals surface area contributed by atoms with Crippen LogP contribution >= 0.6 is 23.2 Å². The van der Waals surface area contributed by atoms with Gasteiger partial charge in [0, 0.05) is 31.2 Å². The highest BCUT2D eigenvalue weighted by Gasteiger charge is 2.24. The molecule has 2 rings (SSSR count). The number of benzene rings is 1. The van der Waals surface area contributed by atoms with Crippen LogP contribution in [-0.2, 0) is 4.79 Å². The molecular weight excluding hydrogens is 325 g/mol. The van der Waals surface area contributed by atoms with E-state index in [2.05, 4.69) is 10.6 Å². The molecule has 1 saturated heterocycles. The summed E-state index contributed by atoms with van der Waals surface area (Å²) in [6.45, 7) is 3.00. The molecule has 1 aliphatic rings. The van der Waals surface area contributed by atoms with Crippen molar-refractivity contribution in [2.24, 2.45) is 0 Å². The average Bonchev–Trinajstić information content (AvgIpc) is 2.51. The molecular formula is C15H19Cl2N3O2. The first kappa shape index (κ1) is 16.9. The molecule has 1 aromatic rings. The fourth-order valence-electron chi connectivity index (χ4n) is 2.39. The first-order valence-electron chi connectivity index (χ1n) is 7.30. The molecule has 0 aliphatic carbocycles. The lowest BCUT2D eigenvalue weighted by atomic mass is 10.1. The number of urea groups is 1. The Morgan fingerprint density at radius 3 is 2.77 bits per heavy atom. The first-order chi connectivity index (χ1) is 10.5. The first-order valence-corrected chi connectivity index (χ1v) is 8.05. The molecule has 1 atom stereocenters. The van der Waals surface area contributed by atoms with Gasteiger partial charge in [0.25, 0.3) is 0 Å². The second-order valence-corrected chi connectivity index (χ2v) is 6.08. The highest BCUT2D eigenvalue weighted by Crippen LogP contribution is 2.25. The summed E-state index contributed by atoms with van der Waals surface area (Å²) in [4.78, 5) is 25.5. The predicted molar refractivity (Wildman–Crippen MR) is 88.5 cm³/mol. The highest BCUT2D eigenvalue weighted by atomic mass is 35.5. The van der Waals surface area contributed by atoms with E-state index in [4.69, 9.17) is 23.2 Å². The van der Waals surface area contributed by atoms with Crippen molar-refractivity contribution in [2.45, 2.75) is 32.2 Å². The molecule has 0 unspecified atom stereocenters. The minimum atomic E-state index is -0.200. The van der Waals surface area contributed by atoms with Crippen LogP contribution in [0, 0.1) is 0 Å². The molecule has 0 spiro atoms. The molecule has 0 bridgehead atoms. The van der Waals surface area contributed by atoms with Crippen LogP contribution in [0.15, 0.2) is 18.2 Å². The van der Waals surface area contributed by atoms with E-state index in [0.29, 0.717) is 35.2 Å². The monoisotopic (exact) mass is 343 g/mol. The summed E-state index contributed by atoms with van der Waals surface area (Å²) in [5, 5.41) is 6.57. The topological polar surface area (TPSA) is 61.4 Å². The lowest BCUT2D eigenvalue weighted by Gasteiger charge is -2.33. The number of hydrogen-bond donors (Lipinski definition) is 2. The van der Waals surface area contributed by atoms with Crippen molar-refractivity contribution >= 4 is 40.8 Å². The molecule has 7 heteroatoms. The summed E-state index contributed by atoms with van der Waals surface area (Å²) in [6, 6.07) is 4.77. The van der Waals surface area contributed by atoms with E-state index in [1.807, 2.05) is 6.92 Å². The van der Waals surface area contributed by atoms with Crippen LogP contribution in [0.2, 0.25) is 10.0 Å². The van der Waals surface area contributed by atoms with Crippen molar-refractivity contribution in [1.29, 1.82) is 0 Å². The summed E-state index contributed by atoms with van der Waals surface area (Å²) in [5.74, 6) is 0.0109. The largest absolute Gasteiger partial charge is 0.352 e. The number of carbonyl (C=O) groups is 2. The smallest absolute Gasteiger partial charge is 0.321 e. The standard InChI is InChI=1S/C15H19Cl2N3O2/c1-2-14(21)18-11-4-3-7-20(9-11)15(22)19-10-5-6-12(16)13(17)8-10/h5-6,8,11H,2-4,7,9H2,1H3,(H,18,21)(H,19,22)/t11-/m1/s1. The van der Waals surface area contributed by atoms with Gasteiger partial charge in [-0.1, -0.05) is 30.1 Å². The van der Waals surface area contributed by atoms with E-state index in [1.54, 1.807) is 23.1 Å². The number of piperidine rings is 1. The fourth-order valence-corrected chi connectivity index (χ4v) is 2.68. The molecule has 3 amide bonds. The number of nitrogens with one attached hydrogen (secondary N) is 2. The summed E-state index contributed by atoms with van der Waals surface area (Å²) in [7, 11) is 0. The molecule has 2 N–H and O–H groups in total. The molecule has 0 saturated carbocycles. The van der Waals surface area contributed by atoms with Crippen LogP contribution in [0.5, 0.6) is 0 Å². The Morgan fingerprint density at radius 1 is 1.32 bits per heavy atom. The van der Waals surface area contributed by atoms with Gasteiger partial charge in [-0.25, -0.2) is 4.79 Å². The summed E-state index contributed by atoms with van der Waals surface area (Å²) >= 11 is 11.8. The number of amides is 3. The summed E-state index contributed by atoms with van der Waals surface area (Å²) in [6.07, 6.45) is 2.21. The number of hydrogen-bond acceptors (Lipinski definition) is 2. The average molecular weight is 344 g/mol. The SMILES string of the molecule is CCC(=O)N[C@@H]1CCCN(C(=O)Nc2ccc(Cl)c(Cl)c2)C1. The van der Waals surface area contributed by atoms with E-state index in [1.165, 1.54) is 0 Å². The van der Waals surface area contributed by atoms with Gasteiger partial charge >= 0.3 is 6.03 Å². The highest BCUT2D eigenvalue weighted by molar-refractivity contribution is 6.42. The van der Waals surface area contributed by atoms with Gasteiger partial charge in [-0.05, 0) is 31.0 Å². The number of nitrogens with zero attached hydrogens (tertiary/aromatic N) is 1. The minimum absolute atomic E-state index is 0.0109. The van der Waals surface area contributed by atoms with Gasteiger partial charge in [0.1, 0.15) is 0 Å². The molecule has 1 heterocycles. The number of rotatable bonds is 3. The van der Waals surface area contributed by atoms with E-state index in [9.17, 15) is 9.59 Å². The number of anilines is 1. The number of halogens is 2. The van der Waals surface area contributed by atoms with Gasteiger partial charge in [0.2, 0.25) is 5.91 Å². The van der Waals surface area contributed by atoms with Gasteiger partial charge < -0.3 is 15.5 Å². The van der Waals surface area contributed by atoms with Crippen LogP contribution in [0.4, 0.5) is 10.5 Å². The Hall–Kier alpha value is -1.46. The Bertz CT molecular complexity index is 566. The summed E-state index contributed by atoms with van der Waals surface area (Å²) in [5.41, 5.74) is 0.596. The van der Waals surface area contributed by atoms with Crippen molar-refractivity contribution in [3.05, 3.63) is 28.2 Å². The molecule has 1 aliphatic heterocycles. The molecule has 1 aromatic carbocycles. The van der Waals surface area contributed by atoms with Crippen LogP contribution in [0.25, 0.3) is 0 Å². The number of likely N-dealkylation sites (tertiary alicyclic amines) is 1. The van der Waals surface area contributed by atoms with Gasteiger partial charge in [0.05, 0.1) is 10.0 Å². The van der Waals surface area contributed by atoms with Crippen LogP contribution in [0.1, 0.15) is 26.2 Å². The van der Waals surface area contributed by atoms with Crippen LogP contribution < -0.4 is 10.6 Å². The van der Waals surface area contributed by atoms with Crippen molar-refractivity contribution < 1.29 is 9.59 Å². The van der Waals surface area contributed by atoms with Crippen molar-refractivity contribution in [3.63, 3.8) is 0 Å². The van der Waals surface area contributed by atoms with Crippen molar-refractivity contribution in [1.82, 2.24) is 10.2 Å². The lowest BCUT2D eigenvalue weighted by Crippen LogP contribution is -2.50. The third-order valence-electron chi connectivity index (χ3n) is 3.57. The zero-order valence-corrected chi connectivity index (χ0v) is 13.9. The van der Waals surface area contributed by atoms with Crippen molar-refractivity contribution in [2.75, 3.05) is 18.4 Å². The minimum Gasteiger partial charge on any atom is -0.352 e. The Labute approximate surface area is 139 Å². The molecule has 0 aromatic heterocycles. The Balaban J connectivity index is 1.93. The van der Waals surface area contributed by atoms with Crippen LogP contribution in [0.3, 0.4) is 0 Å². The molecule has 0 radical (unpaired) electrons. The van der Waals surface area contributed by atoms with E-state index < -0.39 is 0 Å². The zero-order valence-electron chi connectivity index (χ0n) is 12.4. The zero-order chi connectivity index (χ0) is 16.1. The van der Waals surface area contributed by atoms with Crippen molar-refractivity contribution in [3.8, 4) is 0 Å². The van der Waals surface area contributed by atoms with Crippen LogP contribution in [-0.4, -0.2) is 36.0 Å². The molecule has 22 heavy (non-hydrogen) atoms. The van der Waals surface area contributed by atoms with Gasteiger partial charge in [-0.15, -0.1) is 0 Å². The predicted octanol–water partition coefficient (Wildman–Crippen LogP) is 3.52. The molecule has 120 valence electrons. The molecule has 5 nitrogen and oxygen atoms in total. The quantitative estimate of drug-likeness (QED) is 0.881. The third kappa shape index (κ3) is 4.52. The third-order valence-corrected chi connectivity index (χ3v) is 4.30. The second kappa shape index (κ2) is 7.70. The van der Waals surface area contributed by atoms with E-state index in [0.717, 1.165) is 12.8 Å². The maximum absolute atomic E-state index is 12.3. The Kier molecular flexibility index (Phi) is 5.91. The van der Waals surface area contributed by atoms with E-state index in [-0.39, 0.29) is 18.0 Å². The van der Waals surface area contributed by atoms with E-state index >= 15 is 0 Å². The molecule has 1 fully saturated rings.